The number of aromatic nitrogens is 2. The van der Waals surface area contributed by atoms with Gasteiger partial charge < -0.3 is 9.97 Å². The van der Waals surface area contributed by atoms with Gasteiger partial charge in [0.1, 0.15) is 4.90 Å². The fourth-order valence-electron chi connectivity index (χ4n) is 5.23. The van der Waals surface area contributed by atoms with Gasteiger partial charge in [-0.3, -0.25) is 14.4 Å². The number of pyridine rings is 2. The molecular weight excluding hydrogens is 756 g/mol. The Morgan fingerprint density at radius 3 is 1.65 bits per heavy atom. The van der Waals surface area contributed by atoms with Crippen LogP contribution in [0.3, 0.4) is 0 Å². The van der Waals surface area contributed by atoms with Crippen LogP contribution < -0.4 is 10.9 Å². The third kappa shape index (κ3) is 4.77. The number of benzene rings is 3. The van der Waals surface area contributed by atoms with Crippen LogP contribution in [0, 0.1) is 0 Å². The zero-order valence-electron chi connectivity index (χ0n) is 21.2. The highest BCUT2D eigenvalue weighted by molar-refractivity contribution is 15.0. The van der Waals surface area contributed by atoms with Crippen molar-refractivity contribution in [2.45, 2.75) is 24.7 Å². The quantitative estimate of drug-likeness (QED) is 0.214. The molecule has 3 heterocycles. The molecule has 2 aliphatic rings. The highest BCUT2D eigenvalue weighted by Crippen LogP contribution is 2.29. The van der Waals surface area contributed by atoms with Crippen LogP contribution >= 0.6 is 37.2 Å². The van der Waals surface area contributed by atoms with Crippen molar-refractivity contribution < 1.29 is 13.2 Å². The maximum Gasteiger partial charge on any atom is 0.268 e. The minimum Gasteiger partial charge on any atom is -0.358 e. The van der Waals surface area contributed by atoms with E-state index in [1.54, 1.807) is 19.1 Å². The van der Waals surface area contributed by atoms with E-state index in [0.29, 0.717) is 23.6 Å². The largest absolute Gasteiger partial charge is 0.358 e. The van der Waals surface area contributed by atoms with Gasteiger partial charge in [0.2, 0.25) is 0 Å². The SMILES string of the molecule is CCN1C(=O)c2ccccc2S1(=O)=O.II.O=c1c2c([nH]c3ccccc13)Cc1c([nH]c3ccccc3c1=O)C2. The number of nitrogens with zero attached hydrogens (tertiary/aromatic N) is 1. The lowest BCUT2D eigenvalue weighted by Gasteiger charge is -2.20. The lowest BCUT2D eigenvalue weighted by atomic mass is 9.90. The second-order valence-electron chi connectivity index (χ2n) is 9.24. The molecule has 40 heavy (non-hydrogen) atoms. The first-order valence-electron chi connectivity index (χ1n) is 12.4. The van der Waals surface area contributed by atoms with E-state index in [-0.39, 0.29) is 27.9 Å². The maximum atomic E-state index is 12.8. The van der Waals surface area contributed by atoms with Gasteiger partial charge in [0.25, 0.3) is 15.9 Å². The average Bonchev–Trinajstić information content (AvgIpc) is 3.18. The molecule has 0 bridgehead atoms. The summed E-state index contributed by atoms with van der Waals surface area (Å²) < 4.78 is 24.3. The number of halogens is 2. The number of sulfonamides is 1. The topological polar surface area (TPSA) is 120 Å². The lowest BCUT2D eigenvalue weighted by molar-refractivity contribution is 0.0876. The third-order valence-corrected chi connectivity index (χ3v) is 9.01. The Hall–Kier alpha value is -3.04. The van der Waals surface area contributed by atoms with E-state index in [4.69, 9.17) is 0 Å². The fourth-order valence-corrected chi connectivity index (χ4v) is 6.81. The zero-order valence-corrected chi connectivity index (χ0v) is 26.3. The van der Waals surface area contributed by atoms with Gasteiger partial charge in [-0.25, -0.2) is 12.7 Å². The monoisotopic (exact) mass is 779 g/mol. The molecule has 0 fully saturated rings. The van der Waals surface area contributed by atoms with Crippen LogP contribution in [0.4, 0.5) is 0 Å². The van der Waals surface area contributed by atoms with Crippen molar-refractivity contribution in [3.63, 3.8) is 0 Å². The highest BCUT2D eigenvalue weighted by Gasteiger charge is 2.39. The zero-order chi connectivity index (χ0) is 28.6. The summed E-state index contributed by atoms with van der Waals surface area (Å²) in [6.45, 7) is 1.82. The summed E-state index contributed by atoms with van der Waals surface area (Å²) in [5, 5.41) is 1.39. The number of carbonyl (C=O) groups excluding carboxylic acids is 1. The molecule has 0 atom stereocenters. The van der Waals surface area contributed by atoms with Crippen molar-refractivity contribution in [2.75, 3.05) is 6.54 Å². The Labute approximate surface area is 253 Å². The highest BCUT2D eigenvalue weighted by atomic mass is 128. The molecule has 0 unspecified atom stereocenters. The minimum absolute atomic E-state index is 0.0546. The predicted octanol–water partition coefficient (Wildman–Crippen LogP) is 5.49. The Balaban J connectivity index is 0.000000173. The van der Waals surface area contributed by atoms with Gasteiger partial charge in [0.05, 0.1) is 5.56 Å². The summed E-state index contributed by atoms with van der Waals surface area (Å²) in [7, 11) is -3.56. The number of amides is 1. The van der Waals surface area contributed by atoms with Crippen molar-refractivity contribution in [3.05, 3.63) is 121 Å². The van der Waals surface area contributed by atoms with E-state index in [9.17, 15) is 22.8 Å². The first-order valence-corrected chi connectivity index (χ1v) is 20.1. The van der Waals surface area contributed by atoms with E-state index < -0.39 is 15.9 Å². The van der Waals surface area contributed by atoms with E-state index in [2.05, 4.69) is 47.2 Å². The third-order valence-electron chi connectivity index (χ3n) is 7.10. The van der Waals surface area contributed by atoms with Crippen molar-refractivity contribution in [1.29, 1.82) is 0 Å². The van der Waals surface area contributed by atoms with E-state index in [1.807, 2.05) is 48.5 Å². The van der Waals surface area contributed by atoms with E-state index >= 15 is 0 Å². The summed E-state index contributed by atoms with van der Waals surface area (Å²) in [4.78, 5) is 44.0. The van der Waals surface area contributed by atoms with Crippen LogP contribution in [-0.2, 0) is 22.9 Å². The second-order valence-corrected chi connectivity index (χ2v) is 11.1. The molecule has 1 amide bonds. The molecule has 0 saturated heterocycles. The molecule has 5 aromatic rings. The van der Waals surface area contributed by atoms with Crippen LogP contribution in [0.1, 0.15) is 39.8 Å². The molecule has 0 saturated carbocycles. The fraction of sp³-hybridized carbons (Fsp3) is 0.138. The van der Waals surface area contributed by atoms with Gasteiger partial charge in [0, 0.05) is 101 Å². The van der Waals surface area contributed by atoms with Crippen molar-refractivity contribution >= 4 is 75.0 Å². The number of fused-ring (bicyclic) bond motifs is 5. The van der Waals surface area contributed by atoms with Crippen LogP contribution in [0.15, 0.2) is 87.3 Å². The van der Waals surface area contributed by atoms with Crippen LogP contribution in [-0.4, -0.2) is 35.1 Å². The normalized spacial score (nSPS) is 14.4. The summed E-state index contributed by atoms with van der Waals surface area (Å²) in [5.41, 5.74) is 5.24. The van der Waals surface area contributed by atoms with Crippen molar-refractivity contribution in [2.24, 2.45) is 0 Å². The molecular formula is C29H23I2N3O5S. The molecule has 7 rings (SSSR count). The molecule has 1 aliphatic carbocycles. The van der Waals surface area contributed by atoms with Gasteiger partial charge in [-0.05, 0) is 43.3 Å². The second kappa shape index (κ2) is 11.4. The summed E-state index contributed by atoms with van der Waals surface area (Å²) in [5.74, 6) is -0.428. The average molecular weight is 779 g/mol. The van der Waals surface area contributed by atoms with Gasteiger partial charge in [-0.2, -0.15) is 0 Å². The molecule has 204 valence electrons. The van der Waals surface area contributed by atoms with Gasteiger partial charge in [-0.1, -0.05) is 36.4 Å². The number of hydrogen-bond donors (Lipinski definition) is 2. The summed E-state index contributed by atoms with van der Waals surface area (Å²) in [6, 6.07) is 21.3. The first kappa shape index (κ1) is 28.5. The number of H-pyrrole nitrogens is 2. The number of rotatable bonds is 1. The van der Waals surface area contributed by atoms with Crippen LogP contribution in [0.2, 0.25) is 0 Å². The molecule has 1 aliphatic heterocycles. The molecule has 0 radical (unpaired) electrons. The standard InChI is InChI=1S/C20H14N2O2.C9H9NO3S.I2/c23-19-11-5-1-3-7-15(11)21-17-10-14-18(9-13(17)19)22-16-8-4-2-6-12(16)20(14)24;1-2-10-9(11)7-5-3-4-6-8(7)14(10,12)13;1-2/h1-8H,9-10H2,(H,21,23)(H,22,24);3-6H,2H2,1H3;. The minimum atomic E-state index is -3.56. The lowest BCUT2D eigenvalue weighted by Crippen LogP contribution is -2.29. The number of hydrogen-bond acceptors (Lipinski definition) is 5. The molecule has 2 N–H and O–H groups in total. The van der Waals surface area contributed by atoms with Gasteiger partial charge >= 0.3 is 0 Å². The molecule has 11 heteroatoms. The molecule has 0 spiro atoms. The van der Waals surface area contributed by atoms with Gasteiger partial charge in [0.15, 0.2) is 10.9 Å². The smallest absolute Gasteiger partial charge is 0.268 e. The van der Waals surface area contributed by atoms with Crippen molar-refractivity contribution in [3.8, 4) is 0 Å². The Morgan fingerprint density at radius 1 is 0.725 bits per heavy atom. The molecule has 3 aromatic carbocycles. The van der Waals surface area contributed by atoms with E-state index in [1.165, 1.54) is 12.1 Å². The first-order chi connectivity index (χ1) is 19.3. The van der Waals surface area contributed by atoms with Crippen molar-refractivity contribution in [1.82, 2.24) is 14.3 Å². The van der Waals surface area contributed by atoms with Crippen LogP contribution in [0.5, 0.6) is 0 Å². The predicted molar refractivity (Wildman–Crippen MR) is 173 cm³/mol. The number of para-hydroxylation sites is 2. The molecule has 2 aromatic heterocycles. The summed E-state index contributed by atoms with van der Waals surface area (Å²) in [6.07, 6.45) is 0.926. The van der Waals surface area contributed by atoms with E-state index in [0.717, 1.165) is 37.9 Å². The number of nitrogens with one attached hydrogen (secondary N) is 2. The number of aromatic amines is 2. The Bertz CT molecular complexity index is 1920. The Morgan fingerprint density at radius 2 is 1.18 bits per heavy atom. The maximum absolute atomic E-state index is 12.8. The van der Waals surface area contributed by atoms with Crippen LogP contribution in [0.25, 0.3) is 21.8 Å². The Kier molecular flexibility index (Phi) is 8.15. The van der Waals surface area contributed by atoms with Gasteiger partial charge in [-0.15, -0.1) is 0 Å². The molecule has 8 nitrogen and oxygen atoms in total. The summed E-state index contributed by atoms with van der Waals surface area (Å²) >= 11 is 4.24. The number of carbonyl (C=O) groups is 1.